The van der Waals surface area contributed by atoms with E-state index in [1.807, 2.05) is 32.0 Å². The van der Waals surface area contributed by atoms with E-state index >= 15 is 0 Å². The average molecular weight is 281 g/mol. The molecule has 0 aliphatic rings. The van der Waals surface area contributed by atoms with Crippen molar-refractivity contribution in [3.05, 3.63) is 18.2 Å². The van der Waals surface area contributed by atoms with E-state index < -0.39 is 11.4 Å². The number of carbonyl (C=O) groups is 1. The third-order valence-electron chi connectivity index (χ3n) is 2.86. The maximum Gasteiger partial charge on any atom is 0.310 e. The van der Waals surface area contributed by atoms with Gasteiger partial charge < -0.3 is 19.9 Å². The van der Waals surface area contributed by atoms with Gasteiger partial charge in [-0.05, 0) is 39.8 Å². The highest BCUT2D eigenvalue weighted by Gasteiger charge is 2.26. The molecule has 0 spiro atoms. The summed E-state index contributed by atoms with van der Waals surface area (Å²) in [6.45, 7) is 8.63. The van der Waals surface area contributed by atoms with Crippen molar-refractivity contribution < 1.29 is 19.4 Å². The third kappa shape index (κ3) is 4.33. The number of carboxylic acid groups (broad SMARTS) is 1. The average Bonchev–Trinajstić information content (AvgIpc) is 2.39. The fourth-order valence-corrected chi connectivity index (χ4v) is 1.56. The predicted molar refractivity (Wildman–Crippen MR) is 78.7 cm³/mol. The number of hydrogen-bond donors (Lipinski definition) is 2. The van der Waals surface area contributed by atoms with E-state index in [0.29, 0.717) is 31.3 Å². The van der Waals surface area contributed by atoms with Crippen LogP contribution in [0.25, 0.3) is 0 Å². The molecule has 20 heavy (non-hydrogen) atoms. The van der Waals surface area contributed by atoms with Crippen molar-refractivity contribution in [2.75, 3.05) is 25.1 Å². The molecule has 0 saturated carbocycles. The first-order valence-corrected chi connectivity index (χ1v) is 6.77. The van der Waals surface area contributed by atoms with E-state index in [-0.39, 0.29) is 0 Å². The molecular weight excluding hydrogens is 258 g/mol. The van der Waals surface area contributed by atoms with E-state index in [1.54, 1.807) is 13.8 Å². The van der Waals surface area contributed by atoms with Crippen LogP contribution in [-0.2, 0) is 4.79 Å². The number of rotatable bonds is 8. The van der Waals surface area contributed by atoms with Gasteiger partial charge in [0, 0.05) is 18.3 Å². The first kappa shape index (κ1) is 16.1. The lowest BCUT2D eigenvalue weighted by atomic mass is 9.94. The van der Waals surface area contributed by atoms with E-state index in [0.717, 1.165) is 5.69 Å². The summed E-state index contributed by atoms with van der Waals surface area (Å²) >= 11 is 0. The lowest BCUT2D eigenvalue weighted by Crippen LogP contribution is -2.31. The molecular formula is C15H23NO4. The predicted octanol–water partition coefficient (Wildman–Crippen LogP) is 3.01. The van der Waals surface area contributed by atoms with E-state index in [9.17, 15) is 4.79 Å². The van der Waals surface area contributed by atoms with Crippen LogP contribution in [0.2, 0.25) is 0 Å². The molecule has 1 aromatic carbocycles. The van der Waals surface area contributed by atoms with Crippen LogP contribution in [0.5, 0.6) is 11.5 Å². The van der Waals surface area contributed by atoms with Crippen LogP contribution in [0, 0.1) is 5.41 Å². The minimum absolute atomic E-state index is 0.335. The Balaban J connectivity index is 2.81. The molecule has 112 valence electrons. The van der Waals surface area contributed by atoms with E-state index in [4.69, 9.17) is 14.6 Å². The Bertz CT molecular complexity index is 457. The van der Waals surface area contributed by atoms with Gasteiger partial charge in [0.05, 0.1) is 18.6 Å². The Labute approximate surface area is 119 Å². The summed E-state index contributed by atoms with van der Waals surface area (Å²) in [5, 5.41) is 12.2. The second-order valence-corrected chi connectivity index (χ2v) is 5.07. The molecule has 2 N–H and O–H groups in total. The van der Waals surface area contributed by atoms with Gasteiger partial charge >= 0.3 is 5.97 Å². The molecule has 0 fully saturated rings. The first-order valence-electron chi connectivity index (χ1n) is 6.77. The molecule has 0 radical (unpaired) electrons. The first-order chi connectivity index (χ1) is 9.40. The number of nitrogens with one attached hydrogen (secondary N) is 1. The molecule has 0 unspecified atom stereocenters. The highest BCUT2D eigenvalue weighted by atomic mass is 16.5. The minimum atomic E-state index is -0.832. The number of benzene rings is 1. The zero-order chi connectivity index (χ0) is 15.2. The van der Waals surface area contributed by atoms with Gasteiger partial charge in [-0.1, -0.05) is 0 Å². The normalized spacial score (nSPS) is 11.0. The second-order valence-electron chi connectivity index (χ2n) is 5.07. The number of carboxylic acids is 1. The molecule has 0 atom stereocenters. The molecule has 0 heterocycles. The Morgan fingerprint density at radius 2 is 1.80 bits per heavy atom. The van der Waals surface area contributed by atoms with Crippen LogP contribution in [-0.4, -0.2) is 30.8 Å². The maximum atomic E-state index is 11.1. The standard InChI is InChI=1S/C15H23NO4/c1-5-19-12-8-7-11(9-13(12)20-6-2)16-10-15(3,4)14(17)18/h7-9,16H,5-6,10H2,1-4H3,(H,17,18). The molecule has 5 nitrogen and oxygen atoms in total. The smallest absolute Gasteiger partial charge is 0.310 e. The molecule has 1 rings (SSSR count). The monoisotopic (exact) mass is 281 g/mol. The van der Waals surface area contributed by atoms with Crippen LogP contribution in [0.3, 0.4) is 0 Å². The number of anilines is 1. The van der Waals surface area contributed by atoms with Gasteiger partial charge in [0.15, 0.2) is 11.5 Å². The summed E-state index contributed by atoms with van der Waals surface area (Å²) in [6.07, 6.45) is 0. The maximum absolute atomic E-state index is 11.1. The van der Waals surface area contributed by atoms with Gasteiger partial charge in [0.25, 0.3) is 0 Å². The lowest BCUT2D eigenvalue weighted by Gasteiger charge is -2.21. The third-order valence-corrected chi connectivity index (χ3v) is 2.86. The Morgan fingerprint density at radius 3 is 2.35 bits per heavy atom. The van der Waals surface area contributed by atoms with Crippen molar-refractivity contribution in [2.24, 2.45) is 5.41 Å². The molecule has 0 bridgehead atoms. The summed E-state index contributed by atoms with van der Waals surface area (Å²) in [5.41, 5.74) is -0.0177. The Hall–Kier alpha value is -1.91. The largest absolute Gasteiger partial charge is 0.490 e. The van der Waals surface area contributed by atoms with Gasteiger partial charge in [0.2, 0.25) is 0 Å². The Kier molecular flexibility index (Phi) is 5.67. The van der Waals surface area contributed by atoms with Gasteiger partial charge in [-0.25, -0.2) is 0 Å². The van der Waals surface area contributed by atoms with Gasteiger partial charge in [-0.3, -0.25) is 4.79 Å². The minimum Gasteiger partial charge on any atom is -0.490 e. The van der Waals surface area contributed by atoms with Crippen molar-refractivity contribution in [2.45, 2.75) is 27.7 Å². The van der Waals surface area contributed by atoms with Crippen LogP contribution >= 0.6 is 0 Å². The summed E-state index contributed by atoms with van der Waals surface area (Å²) < 4.78 is 11.0. The summed E-state index contributed by atoms with van der Waals surface area (Å²) in [6, 6.07) is 5.50. The van der Waals surface area contributed by atoms with Crippen molar-refractivity contribution in [1.82, 2.24) is 0 Å². The molecule has 0 saturated heterocycles. The van der Waals surface area contributed by atoms with Crippen molar-refractivity contribution in [3.63, 3.8) is 0 Å². The van der Waals surface area contributed by atoms with Crippen LogP contribution in [0.1, 0.15) is 27.7 Å². The number of aliphatic carboxylic acids is 1. The van der Waals surface area contributed by atoms with Crippen LogP contribution in [0.15, 0.2) is 18.2 Å². The summed E-state index contributed by atoms with van der Waals surface area (Å²) in [5.74, 6) is 0.519. The zero-order valence-corrected chi connectivity index (χ0v) is 12.5. The van der Waals surface area contributed by atoms with Crippen LogP contribution in [0.4, 0.5) is 5.69 Å². The molecule has 0 aliphatic heterocycles. The zero-order valence-electron chi connectivity index (χ0n) is 12.5. The quantitative estimate of drug-likeness (QED) is 0.766. The molecule has 0 aromatic heterocycles. The molecule has 1 aromatic rings. The fraction of sp³-hybridized carbons (Fsp3) is 0.533. The van der Waals surface area contributed by atoms with E-state index in [2.05, 4.69) is 5.32 Å². The molecule has 0 amide bonds. The summed E-state index contributed by atoms with van der Waals surface area (Å²) in [4.78, 5) is 11.1. The lowest BCUT2D eigenvalue weighted by molar-refractivity contribution is -0.146. The van der Waals surface area contributed by atoms with E-state index in [1.165, 1.54) is 0 Å². The van der Waals surface area contributed by atoms with Crippen molar-refractivity contribution in [1.29, 1.82) is 0 Å². The SMILES string of the molecule is CCOc1ccc(NCC(C)(C)C(=O)O)cc1OCC. The fourth-order valence-electron chi connectivity index (χ4n) is 1.56. The highest BCUT2D eigenvalue weighted by molar-refractivity contribution is 5.74. The molecule has 5 heteroatoms. The Morgan fingerprint density at radius 1 is 1.20 bits per heavy atom. The molecule has 0 aliphatic carbocycles. The van der Waals surface area contributed by atoms with Crippen LogP contribution < -0.4 is 14.8 Å². The second kappa shape index (κ2) is 7.03. The number of hydrogen-bond acceptors (Lipinski definition) is 4. The van der Waals surface area contributed by atoms with Crippen molar-refractivity contribution in [3.8, 4) is 11.5 Å². The van der Waals surface area contributed by atoms with Gasteiger partial charge in [-0.2, -0.15) is 0 Å². The van der Waals surface area contributed by atoms with Crippen molar-refractivity contribution >= 4 is 11.7 Å². The van der Waals surface area contributed by atoms with Gasteiger partial charge in [0.1, 0.15) is 0 Å². The highest BCUT2D eigenvalue weighted by Crippen LogP contribution is 2.31. The number of ether oxygens (including phenoxy) is 2. The van der Waals surface area contributed by atoms with Gasteiger partial charge in [-0.15, -0.1) is 0 Å². The summed E-state index contributed by atoms with van der Waals surface area (Å²) in [7, 11) is 0. The topological polar surface area (TPSA) is 67.8 Å².